The monoisotopic (exact) mass is 349 g/mol. The number of carbonyl (C=O) groups is 2. The van der Waals surface area contributed by atoms with Crippen LogP contribution in [0.4, 0.5) is 0 Å². The molecule has 2 fully saturated rings. The molecule has 1 aromatic heterocycles. The molecule has 1 aromatic rings. The highest BCUT2D eigenvalue weighted by Crippen LogP contribution is 2.34. The summed E-state index contributed by atoms with van der Waals surface area (Å²) in [5, 5.41) is 16.1. The summed E-state index contributed by atoms with van der Waals surface area (Å²) in [6.07, 6.45) is 4.05. The summed E-state index contributed by atoms with van der Waals surface area (Å²) < 4.78 is 5.15. The Morgan fingerprint density at radius 1 is 1.36 bits per heavy atom. The molecule has 2 aliphatic carbocycles. The lowest BCUT2D eigenvalue weighted by molar-refractivity contribution is -0.140. The van der Waals surface area contributed by atoms with Crippen LogP contribution < -0.4 is 5.32 Å². The Kier molecular flexibility index (Phi) is 5.13. The van der Waals surface area contributed by atoms with Crippen LogP contribution in [0.3, 0.4) is 0 Å². The summed E-state index contributed by atoms with van der Waals surface area (Å²) in [5.74, 6) is 0.244. The number of carbonyl (C=O) groups excluding carboxylic acids is 1. The number of aliphatic carboxylic acids is 1. The predicted molar refractivity (Wildman–Crippen MR) is 91.3 cm³/mol. The standard InChI is InChI=1S/C18H27N3O4/c1-10(17-11(2)20-25-12(17)3)18(24)19-14-6-15(7-14)21(9-16(22)23)8-13-4-5-13/h10,13-15H,4-9H2,1-3H3,(H,19,24)(H,22,23). The summed E-state index contributed by atoms with van der Waals surface area (Å²) >= 11 is 0. The lowest BCUT2D eigenvalue weighted by Gasteiger charge is -2.43. The van der Waals surface area contributed by atoms with E-state index in [4.69, 9.17) is 9.63 Å². The van der Waals surface area contributed by atoms with E-state index in [0.29, 0.717) is 11.7 Å². The highest BCUT2D eigenvalue weighted by atomic mass is 16.5. The maximum absolute atomic E-state index is 12.5. The van der Waals surface area contributed by atoms with Crippen molar-refractivity contribution in [3.8, 4) is 0 Å². The van der Waals surface area contributed by atoms with Gasteiger partial charge in [0.15, 0.2) is 0 Å². The van der Waals surface area contributed by atoms with E-state index in [2.05, 4.69) is 15.4 Å². The zero-order valence-electron chi connectivity index (χ0n) is 15.1. The van der Waals surface area contributed by atoms with E-state index < -0.39 is 5.97 Å². The van der Waals surface area contributed by atoms with Crippen LogP contribution in [0, 0.1) is 19.8 Å². The smallest absolute Gasteiger partial charge is 0.317 e. The average molecular weight is 349 g/mol. The first-order valence-corrected chi connectivity index (χ1v) is 9.04. The molecule has 7 heteroatoms. The lowest BCUT2D eigenvalue weighted by atomic mass is 9.84. The minimum absolute atomic E-state index is 0.0233. The van der Waals surface area contributed by atoms with E-state index in [0.717, 1.165) is 30.6 Å². The van der Waals surface area contributed by atoms with Crippen molar-refractivity contribution in [3.05, 3.63) is 17.0 Å². The molecule has 2 N–H and O–H groups in total. The summed E-state index contributed by atoms with van der Waals surface area (Å²) in [7, 11) is 0. The van der Waals surface area contributed by atoms with Gasteiger partial charge in [-0.15, -0.1) is 0 Å². The van der Waals surface area contributed by atoms with Crippen LogP contribution >= 0.6 is 0 Å². The Hall–Kier alpha value is -1.89. The molecule has 1 atom stereocenters. The fourth-order valence-electron chi connectivity index (χ4n) is 3.72. The number of nitrogens with one attached hydrogen (secondary N) is 1. The molecule has 1 amide bonds. The number of nitrogens with zero attached hydrogens (tertiary/aromatic N) is 2. The molecule has 0 radical (unpaired) electrons. The maximum Gasteiger partial charge on any atom is 0.317 e. The highest BCUT2D eigenvalue weighted by Gasteiger charge is 2.38. The molecule has 138 valence electrons. The van der Waals surface area contributed by atoms with Crippen molar-refractivity contribution < 1.29 is 19.2 Å². The maximum atomic E-state index is 12.5. The van der Waals surface area contributed by atoms with Gasteiger partial charge in [-0.1, -0.05) is 5.16 Å². The van der Waals surface area contributed by atoms with Gasteiger partial charge in [0, 0.05) is 24.2 Å². The first-order chi connectivity index (χ1) is 11.8. The van der Waals surface area contributed by atoms with Crippen LogP contribution in [0.2, 0.25) is 0 Å². The Morgan fingerprint density at radius 3 is 2.56 bits per heavy atom. The quantitative estimate of drug-likeness (QED) is 0.743. The summed E-state index contributed by atoms with van der Waals surface area (Å²) in [6.45, 7) is 6.49. The first-order valence-electron chi connectivity index (χ1n) is 9.04. The number of amides is 1. The lowest BCUT2D eigenvalue weighted by Crippen LogP contribution is -2.55. The molecule has 1 unspecified atom stereocenters. The van der Waals surface area contributed by atoms with Crippen LogP contribution in [0.5, 0.6) is 0 Å². The number of rotatable bonds is 8. The van der Waals surface area contributed by atoms with Gasteiger partial charge in [-0.25, -0.2) is 0 Å². The van der Waals surface area contributed by atoms with E-state index in [-0.39, 0.29) is 30.5 Å². The molecule has 25 heavy (non-hydrogen) atoms. The molecule has 3 rings (SSSR count). The van der Waals surface area contributed by atoms with Crippen LogP contribution in [0.25, 0.3) is 0 Å². The van der Waals surface area contributed by atoms with Crippen molar-refractivity contribution in [2.75, 3.05) is 13.1 Å². The van der Waals surface area contributed by atoms with Gasteiger partial charge in [-0.05, 0) is 52.4 Å². The number of carboxylic acids is 1. The fraction of sp³-hybridized carbons (Fsp3) is 0.722. The largest absolute Gasteiger partial charge is 0.480 e. The van der Waals surface area contributed by atoms with Crippen molar-refractivity contribution in [1.82, 2.24) is 15.4 Å². The minimum atomic E-state index is -0.778. The van der Waals surface area contributed by atoms with Gasteiger partial charge in [0.1, 0.15) is 5.76 Å². The topological polar surface area (TPSA) is 95.7 Å². The van der Waals surface area contributed by atoms with Crippen LogP contribution in [0.15, 0.2) is 4.52 Å². The van der Waals surface area contributed by atoms with E-state index in [1.807, 2.05) is 20.8 Å². The molecule has 0 aromatic carbocycles. The Morgan fingerprint density at radius 2 is 2.04 bits per heavy atom. The second-order valence-corrected chi connectivity index (χ2v) is 7.56. The van der Waals surface area contributed by atoms with Crippen LogP contribution in [0.1, 0.15) is 55.5 Å². The normalized spacial score (nSPS) is 24.0. The number of aryl methyl sites for hydroxylation is 2. The minimum Gasteiger partial charge on any atom is -0.480 e. The van der Waals surface area contributed by atoms with Crippen molar-refractivity contribution >= 4 is 11.9 Å². The summed E-state index contributed by atoms with van der Waals surface area (Å²) in [4.78, 5) is 25.6. The second kappa shape index (κ2) is 7.15. The highest BCUT2D eigenvalue weighted by molar-refractivity contribution is 5.84. The SMILES string of the molecule is Cc1noc(C)c1C(C)C(=O)NC1CC(N(CC(=O)O)CC2CC2)C1. The Bertz CT molecular complexity index is 627. The van der Waals surface area contributed by atoms with E-state index >= 15 is 0 Å². The van der Waals surface area contributed by atoms with Gasteiger partial charge in [-0.3, -0.25) is 14.5 Å². The molecule has 0 spiro atoms. The van der Waals surface area contributed by atoms with Crippen molar-refractivity contribution in [2.45, 2.75) is 64.5 Å². The van der Waals surface area contributed by atoms with Gasteiger partial charge >= 0.3 is 5.97 Å². The zero-order valence-corrected chi connectivity index (χ0v) is 15.1. The molecule has 0 saturated heterocycles. The van der Waals surface area contributed by atoms with E-state index in [9.17, 15) is 9.59 Å². The Balaban J connectivity index is 1.50. The van der Waals surface area contributed by atoms with Crippen molar-refractivity contribution in [1.29, 1.82) is 0 Å². The van der Waals surface area contributed by atoms with Crippen LogP contribution in [-0.4, -0.2) is 52.2 Å². The number of carboxylic acid groups (broad SMARTS) is 1. The number of hydrogen-bond acceptors (Lipinski definition) is 5. The number of aromatic nitrogens is 1. The molecular weight excluding hydrogens is 322 g/mol. The summed E-state index contributed by atoms with van der Waals surface area (Å²) in [5.41, 5.74) is 1.61. The van der Waals surface area contributed by atoms with Gasteiger partial charge in [0.25, 0.3) is 0 Å². The van der Waals surface area contributed by atoms with E-state index in [1.54, 1.807) is 0 Å². The third kappa shape index (κ3) is 4.21. The average Bonchev–Trinajstić information content (AvgIpc) is 3.25. The first kappa shape index (κ1) is 17.9. The van der Waals surface area contributed by atoms with Gasteiger partial charge in [0.2, 0.25) is 5.91 Å². The van der Waals surface area contributed by atoms with Crippen molar-refractivity contribution in [2.24, 2.45) is 5.92 Å². The van der Waals surface area contributed by atoms with Gasteiger partial charge < -0.3 is 14.9 Å². The second-order valence-electron chi connectivity index (χ2n) is 7.56. The van der Waals surface area contributed by atoms with Gasteiger partial charge in [0.05, 0.1) is 18.2 Å². The molecule has 0 bridgehead atoms. The zero-order chi connectivity index (χ0) is 18.1. The van der Waals surface area contributed by atoms with Crippen LogP contribution in [-0.2, 0) is 9.59 Å². The molecule has 2 saturated carbocycles. The predicted octanol–water partition coefficient (Wildman–Crippen LogP) is 1.84. The molecule has 2 aliphatic rings. The molecular formula is C18H27N3O4. The third-order valence-electron chi connectivity index (χ3n) is 5.42. The molecule has 1 heterocycles. The summed E-state index contributed by atoms with van der Waals surface area (Å²) in [6, 6.07) is 0.382. The third-order valence-corrected chi connectivity index (χ3v) is 5.42. The fourth-order valence-corrected chi connectivity index (χ4v) is 3.72. The van der Waals surface area contributed by atoms with E-state index in [1.165, 1.54) is 12.8 Å². The number of hydrogen-bond donors (Lipinski definition) is 2. The van der Waals surface area contributed by atoms with Crippen molar-refractivity contribution in [3.63, 3.8) is 0 Å². The molecule has 0 aliphatic heterocycles. The Labute approximate surface area is 147 Å². The molecule has 7 nitrogen and oxygen atoms in total. The van der Waals surface area contributed by atoms with Gasteiger partial charge in [-0.2, -0.15) is 0 Å².